The average molecular weight is 650 g/mol. The standard InChI is InChI=1S/C32H40ClN9O2S/c1-5-21-18-26(28(43-3)19-27(21)42-12-8-22(9-13-42)41-14-16-44-17-15-41)38-32-36-20-23(33)31(39-32)37-25-7-6-24-29(35-11-10-34-24)30(25)40(2)45-4/h6-7,10-11,18-20,22H,5,8-9,12-17H2,1-4H3,(H2,36,37,38,39). The highest BCUT2D eigenvalue weighted by molar-refractivity contribution is 7.99. The predicted octanol–water partition coefficient (Wildman–Crippen LogP) is 6.15. The fourth-order valence-corrected chi connectivity index (χ4v) is 6.67. The summed E-state index contributed by atoms with van der Waals surface area (Å²) in [4.78, 5) is 23.4. The number of aromatic nitrogens is 4. The van der Waals surface area contributed by atoms with E-state index in [9.17, 15) is 0 Å². The maximum absolute atomic E-state index is 6.60. The van der Waals surface area contributed by atoms with Crippen molar-refractivity contribution in [3.8, 4) is 5.75 Å². The molecule has 0 radical (unpaired) electrons. The second-order valence-electron chi connectivity index (χ2n) is 11.1. The van der Waals surface area contributed by atoms with Crippen molar-refractivity contribution in [2.45, 2.75) is 32.2 Å². The lowest BCUT2D eigenvalue weighted by Crippen LogP contribution is -2.49. The Morgan fingerprint density at radius 1 is 1.04 bits per heavy atom. The number of halogens is 1. The molecule has 2 aromatic heterocycles. The molecule has 2 saturated heterocycles. The van der Waals surface area contributed by atoms with Gasteiger partial charge in [-0.3, -0.25) is 14.9 Å². The number of hydrogen-bond acceptors (Lipinski definition) is 12. The Bertz CT molecular complexity index is 1630. The lowest BCUT2D eigenvalue weighted by molar-refractivity contribution is 0.0115. The van der Waals surface area contributed by atoms with Gasteiger partial charge in [0.05, 0.1) is 49.1 Å². The summed E-state index contributed by atoms with van der Waals surface area (Å²) in [6, 6.07) is 8.82. The smallest absolute Gasteiger partial charge is 0.229 e. The van der Waals surface area contributed by atoms with Gasteiger partial charge >= 0.3 is 0 Å². The highest BCUT2D eigenvalue weighted by atomic mass is 35.5. The van der Waals surface area contributed by atoms with Gasteiger partial charge in [0.15, 0.2) is 5.82 Å². The average Bonchev–Trinajstić information content (AvgIpc) is 3.09. The summed E-state index contributed by atoms with van der Waals surface area (Å²) < 4.78 is 13.5. The molecule has 0 bridgehead atoms. The minimum atomic E-state index is 0.398. The molecule has 2 aliphatic rings. The first-order chi connectivity index (χ1) is 22.0. The molecule has 0 spiro atoms. The number of benzene rings is 2. The van der Waals surface area contributed by atoms with Crippen molar-refractivity contribution < 1.29 is 9.47 Å². The Balaban J connectivity index is 1.23. The topological polar surface area (TPSA) is 104 Å². The third-order valence-corrected chi connectivity index (χ3v) is 9.60. The molecular formula is C32H40ClN9O2S. The monoisotopic (exact) mass is 649 g/mol. The van der Waals surface area contributed by atoms with Crippen LogP contribution < -0.4 is 24.6 Å². The Morgan fingerprint density at radius 2 is 1.82 bits per heavy atom. The van der Waals surface area contributed by atoms with Crippen LogP contribution in [0.4, 0.5) is 34.5 Å². The lowest BCUT2D eigenvalue weighted by Gasteiger charge is -2.41. The molecule has 13 heteroatoms. The normalized spacial score (nSPS) is 16.2. The number of piperidine rings is 1. The molecule has 6 rings (SSSR count). The van der Waals surface area contributed by atoms with E-state index in [1.807, 2.05) is 29.7 Å². The van der Waals surface area contributed by atoms with Crippen molar-refractivity contribution in [3.05, 3.63) is 53.4 Å². The van der Waals surface area contributed by atoms with E-state index in [1.165, 1.54) is 11.3 Å². The molecule has 0 atom stereocenters. The van der Waals surface area contributed by atoms with E-state index in [1.54, 1.807) is 37.6 Å². The number of nitrogens with one attached hydrogen (secondary N) is 2. The lowest BCUT2D eigenvalue weighted by atomic mass is 10.00. The van der Waals surface area contributed by atoms with E-state index in [0.29, 0.717) is 22.8 Å². The molecule has 0 unspecified atom stereocenters. The molecule has 238 valence electrons. The van der Waals surface area contributed by atoms with E-state index in [4.69, 9.17) is 26.1 Å². The third-order valence-electron chi connectivity index (χ3n) is 8.60. The van der Waals surface area contributed by atoms with Crippen LogP contribution in [0.15, 0.2) is 42.9 Å². The summed E-state index contributed by atoms with van der Waals surface area (Å²) in [5, 5.41) is 7.20. The second kappa shape index (κ2) is 14.2. The van der Waals surface area contributed by atoms with E-state index >= 15 is 0 Å². The van der Waals surface area contributed by atoms with Gasteiger partial charge in [-0.25, -0.2) is 4.98 Å². The van der Waals surface area contributed by atoms with Crippen LogP contribution in [0.3, 0.4) is 0 Å². The van der Waals surface area contributed by atoms with Gasteiger partial charge in [-0.2, -0.15) is 4.98 Å². The molecular weight excluding hydrogens is 610 g/mol. The van der Waals surface area contributed by atoms with Crippen molar-refractivity contribution >= 4 is 69.1 Å². The van der Waals surface area contributed by atoms with Gasteiger partial charge in [0.1, 0.15) is 16.3 Å². The molecule has 0 aliphatic carbocycles. The number of morpholine rings is 1. The van der Waals surface area contributed by atoms with Crippen LogP contribution in [0.2, 0.25) is 5.02 Å². The highest BCUT2D eigenvalue weighted by Gasteiger charge is 2.27. The zero-order chi connectivity index (χ0) is 31.3. The number of ether oxygens (including phenoxy) is 2. The van der Waals surface area contributed by atoms with E-state index in [2.05, 4.69) is 54.4 Å². The number of fused-ring (bicyclic) bond motifs is 1. The van der Waals surface area contributed by atoms with Crippen molar-refractivity contribution in [1.29, 1.82) is 0 Å². The Morgan fingerprint density at radius 3 is 2.56 bits per heavy atom. The third kappa shape index (κ3) is 6.84. The van der Waals surface area contributed by atoms with Gasteiger partial charge in [-0.15, -0.1) is 0 Å². The summed E-state index contributed by atoms with van der Waals surface area (Å²) in [7, 11) is 3.68. The van der Waals surface area contributed by atoms with Gasteiger partial charge in [-0.05, 0) is 43.0 Å². The van der Waals surface area contributed by atoms with Gasteiger partial charge in [0.25, 0.3) is 0 Å². The van der Waals surface area contributed by atoms with Crippen molar-refractivity contribution in [2.24, 2.45) is 0 Å². The molecule has 2 fully saturated rings. The summed E-state index contributed by atoms with van der Waals surface area (Å²) in [5.74, 6) is 1.62. The van der Waals surface area contributed by atoms with Gasteiger partial charge in [0.2, 0.25) is 5.95 Å². The van der Waals surface area contributed by atoms with Crippen molar-refractivity contribution in [2.75, 3.05) is 79.6 Å². The number of nitrogens with zero attached hydrogens (tertiary/aromatic N) is 7. The van der Waals surface area contributed by atoms with E-state index in [0.717, 1.165) is 92.5 Å². The molecule has 4 heterocycles. The Labute approximate surface area is 273 Å². The first-order valence-electron chi connectivity index (χ1n) is 15.3. The van der Waals surface area contributed by atoms with Crippen LogP contribution in [0, 0.1) is 0 Å². The van der Waals surface area contributed by atoms with Gasteiger partial charge in [-0.1, -0.05) is 30.5 Å². The summed E-state index contributed by atoms with van der Waals surface area (Å²) in [6.07, 6.45) is 10.2. The molecule has 4 aromatic rings. The zero-order valence-electron chi connectivity index (χ0n) is 26.2. The first kappa shape index (κ1) is 31.4. The fourth-order valence-electron chi connectivity index (χ4n) is 6.17. The molecule has 11 nitrogen and oxygen atoms in total. The van der Waals surface area contributed by atoms with Crippen molar-refractivity contribution in [1.82, 2.24) is 24.8 Å². The molecule has 45 heavy (non-hydrogen) atoms. The van der Waals surface area contributed by atoms with Crippen LogP contribution in [0.1, 0.15) is 25.3 Å². The molecule has 2 aromatic carbocycles. The molecule has 2 aliphatic heterocycles. The minimum Gasteiger partial charge on any atom is -0.494 e. The number of hydrogen-bond donors (Lipinski definition) is 2. The SMILES string of the molecule is CCc1cc(Nc2ncc(Cl)c(Nc3ccc4nccnc4c3N(C)SC)n2)c(OC)cc1N1CCC(N2CCOCC2)CC1. The van der Waals surface area contributed by atoms with E-state index in [-0.39, 0.29) is 0 Å². The van der Waals surface area contributed by atoms with Crippen molar-refractivity contribution in [3.63, 3.8) is 0 Å². The molecule has 2 N–H and O–H groups in total. The fraction of sp³-hybridized carbons (Fsp3) is 0.438. The second-order valence-corrected chi connectivity index (χ2v) is 12.4. The van der Waals surface area contributed by atoms with E-state index < -0.39 is 0 Å². The van der Waals surface area contributed by atoms with Crippen LogP contribution in [0.5, 0.6) is 5.75 Å². The summed E-state index contributed by atoms with van der Waals surface area (Å²) in [5.41, 5.74) is 6.56. The van der Waals surface area contributed by atoms with Gasteiger partial charge < -0.3 is 29.3 Å². The zero-order valence-corrected chi connectivity index (χ0v) is 27.8. The van der Waals surface area contributed by atoms with Gasteiger partial charge in [0, 0.05) is 69.7 Å². The number of aryl methyl sites for hydroxylation is 1. The number of methoxy groups -OCH3 is 1. The number of anilines is 6. The minimum absolute atomic E-state index is 0.398. The largest absolute Gasteiger partial charge is 0.494 e. The Kier molecular flexibility index (Phi) is 9.94. The highest BCUT2D eigenvalue weighted by Crippen LogP contribution is 2.39. The van der Waals surface area contributed by atoms with Crippen LogP contribution >= 0.6 is 23.5 Å². The first-order valence-corrected chi connectivity index (χ1v) is 16.9. The van der Waals surface area contributed by atoms with Crippen LogP contribution in [-0.4, -0.2) is 90.7 Å². The quantitative estimate of drug-likeness (QED) is 0.193. The maximum atomic E-state index is 6.60. The summed E-state index contributed by atoms with van der Waals surface area (Å²) >= 11 is 8.18. The Hall–Kier alpha value is -3.58. The molecule has 0 amide bonds. The maximum Gasteiger partial charge on any atom is 0.229 e. The molecule has 0 saturated carbocycles. The number of rotatable bonds is 10. The van der Waals surface area contributed by atoms with Crippen LogP contribution in [-0.2, 0) is 11.2 Å². The van der Waals surface area contributed by atoms with Crippen LogP contribution in [0.25, 0.3) is 11.0 Å². The summed E-state index contributed by atoms with van der Waals surface area (Å²) in [6.45, 7) is 7.99. The predicted molar refractivity (Wildman–Crippen MR) is 185 cm³/mol.